The number of aryl methyl sites for hydroxylation is 1. The highest BCUT2D eigenvalue weighted by atomic mass is 35.5. The molecule has 0 spiro atoms. The monoisotopic (exact) mass is 438 g/mol. The number of benzene rings is 1. The van der Waals surface area contributed by atoms with Crippen molar-refractivity contribution in [3.05, 3.63) is 47.2 Å². The first-order valence-electron chi connectivity index (χ1n) is 9.74. The summed E-state index contributed by atoms with van der Waals surface area (Å²) < 4.78 is 28.5. The first-order valence-corrected chi connectivity index (χ1v) is 11.6. The first kappa shape index (κ1) is 21.7. The highest BCUT2D eigenvalue weighted by Crippen LogP contribution is 2.22. The summed E-state index contributed by atoms with van der Waals surface area (Å²) in [6, 6.07) is 9.15. The van der Waals surface area contributed by atoms with Crippen LogP contribution >= 0.6 is 11.6 Å². The lowest BCUT2D eigenvalue weighted by Gasteiger charge is -2.36. The Hall–Kier alpha value is -2.03. The Balaban J connectivity index is 1.72. The Morgan fingerprint density at radius 1 is 1.07 bits per heavy atom. The van der Waals surface area contributed by atoms with Crippen LogP contribution in [0.25, 0.3) is 0 Å². The number of halogens is 1. The van der Waals surface area contributed by atoms with Gasteiger partial charge in [-0.3, -0.25) is 4.79 Å². The Morgan fingerprint density at radius 3 is 2.21 bits per heavy atom. The molecule has 0 atom stereocenters. The zero-order chi connectivity index (χ0) is 21.2. The molecule has 0 unspecified atom stereocenters. The molecule has 2 aromatic rings. The summed E-state index contributed by atoms with van der Waals surface area (Å²) in [5, 5.41) is 0.696. The average Bonchev–Trinajstić information content (AvgIpc) is 3.11. The molecule has 1 fully saturated rings. The van der Waals surface area contributed by atoms with Crippen LogP contribution in [0.4, 0.5) is 5.69 Å². The fourth-order valence-electron chi connectivity index (χ4n) is 3.58. The van der Waals surface area contributed by atoms with Crippen LogP contribution < -0.4 is 4.90 Å². The number of hydrogen-bond donors (Lipinski definition) is 0. The number of nitrogens with zero attached hydrogens (tertiary/aromatic N) is 4. The van der Waals surface area contributed by atoms with Crippen molar-refractivity contribution in [2.75, 3.05) is 44.2 Å². The van der Waals surface area contributed by atoms with Crippen molar-refractivity contribution in [1.82, 2.24) is 13.8 Å². The molecule has 2 heterocycles. The molecule has 0 N–H and O–H groups in total. The van der Waals surface area contributed by atoms with E-state index in [-0.39, 0.29) is 10.8 Å². The summed E-state index contributed by atoms with van der Waals surface area (Å²) in [5.41, 5.74) is 1.46. The molecule has 9 heteroatoms. The molecule has 1 aromatic heterocycles. The van der Waals surface area contributed by atoms with Crippen molar-refractivity contribution in [3.63, 3.8) is 0 Å². The molecule has 7 nitrogen and oxygen atoms in total. The van der Waals surface area contributed by atoms with Gasteiger partial charge in [-0.2, -0.15) is 4.31 Å². The molecule has 29 heavy (non-hydrogen) atoms. The van der Waals surface area contributed by atoms with E-state index in [2.05, 4.69) is 4.90 Å². The number of aromatic nitrogens is 1. The topological polar surface area (TPSA) is 65.9 Å². The molecule has 3 rings (SSSR count). The lowest BCUT2D eigenvalue weighted by molar-refractivity contribution is 0.0737. The summed E-state index contributed by atoms with van der Waals surface area (Å²) in [4.78, 5) is 17.2. The van der Waals surface area contributed by atoms with Crippen molar-refractivity contribution in [2.24, 2.45) is 7.05 Å². The number of sulfonamides is 1. The molecule has 0 aliphatic carbocycles. The van der Waals surface area contributed by atoms with Gasteiger partial charge in [-0.1, -0.05) is 25.4 Å². The molecule has 1 aromatic carbocycles. The predicted octanol–water partition coefficient (Wildman–Crippen LogP) is 2.67. The Kier molecular flexibility index (Phi) is 6.55. The summed E-state index contributed by atoms with van der Waals surface area (Å²) in [6.45, 7) is 6.96. The maximum atomic E-state index is 13.0. The van der Waals surface area contributed by atoms with Crippen molar-refractivity contribution >= 4 is 33.2 Å². The van der Waals surface area contributed by atoms with Gasteiger partial charge in [0, 0.05) is 63.2 Å². The Labute approximate surface area is 177 Å². The predicted molar refractivity (Wildman–Crippen MR) is 115 cm³/mol. The van der Waals surface area contributed by atoms with Crippen molar-refractivity contribution in [3.8, 4) is 0 Å². The maximum absolute atomic E-state index is 13.0. The van der Waals surface area contributed by atoms with Gasteiger partial charge in [0.15, 0.2) is 0 Å². The summed E-state index contributed by atoms with van der Waals surface area (Å²) in [5.74, 6) is -0.149. The minimum atomic E-state index is -3.59. The van der Waals surface area contributed by atoms with Crippen LogP contribution in [0.5, 0.6) is 0 Å². The van der Waals surface area contributed by atoms with Crippen LogP contribution in [-0.4, -0.2) is 67.4 Å². The lowest BCUT2D eigenvalue weighted by atomic mass is 10.2. The first-order chi connectivity index (χ1) is 13.8. The molecular weight excluding hydrogens is 412 g/mol. The smallest absolute Gasteiger partial charge is 0.270 e. The van der Waals surface area contributed by atoms with E-state index in [4.69, 9.17) is 11.6 Å². The van der Waals surface area contributed by atoms with Gasteiger partial charge in [0.25, 0.3) is 5.91 Å². The van der Waals surface area contributed by atoms with Gasteiger partial charge in [0.05, 0.1) is 0 Å². The van der Waals surface area contributed by atoms with Gasteiger partial charge < -0.3 is 14.4 Å². The molecule has 1 aliphatic heterocycles. The molecule has 0 saturated carbocycles. The van der Waals surface area contributed by atoms with Crippen LogP contribution in [-0.2, 0) is 17.1 Å². The Morgan fingerprint density at radius 2 is 1.66 bits per heavy atom. The quantitative estimate of drug-likeness (QED) is 0.695. The van der Waals surface area contributed by atoms with Crippen molar-refractivity contribution in [1.29, 1.82) is 0 Å². The average molecular weight is 439 g/mol. The van der Waals surface area contributed by atoms with Gasteiger partial charge in [-0.05, 0) is 30.3 Å². The van der Waals surface area contributed by atoms with Crippen molar-refractivity contribution < 1.29 is 13.2 Å². The molecule has 1 saturated heterocycles. The second-order valence-electron chi connectivity index (χ2n) is 7.02. The van der Waals surface area contributed by atoms with Crippen LogP contribution in [0.3, 0.4) is 0 Å². The zero-order valence-corrected chi connectivity index (χ0v) is 18.6. The largest absolute Gasteiger partial charge is 0.368 e. The van der Waals surface area contributed by atoms with E-state index in [9.17, 15) is 13.2 Å². The highest BCUT2D eigenvalue weighted by molar-refractivity contribution is 7.89. The van der Waals surface area contributed by atoms with Crippen LogP contribution in [0, 0.1) is 0 Å². The van der Waals surface area contributed by atoms with Crippen LogP contribution in [0.15, 0.2) is 41.4 Å². The van der Waals surface area contributed by atoms with E-state index < -0.39 is 10.0 Å². The van der Waals surface area contributed by atoms with Crippen molar-refractivity contribution in [2.45, 2.75) is 18.7 Å². The third kappa shape index (κ3) is 4.44. The van der Waals surface area contributed by atoms with Crippen LogP contribution in [0.1, 0.15) is 24.3 Å². The number of rotatable bonds is 6. The number of piperazine rings is 1. The molecule has 1 amide bonds. The second kappa shape index (κ2) is 8.77. The number of carbonyl (C=O) groups is 1. The maximum Gasteiger partial charge on any atom is 0.270 e. The summed E-state index contributed by atoms with van der Waals surface area (Å²) in [6.07, 6.45) is 1.52. The fraction of sp³-hybridized carbons (Fsp3) is 0.450. The Bertz CT molecular complexity index is 960. The third-order valence-electron chi connectivity index (χ3n) is 5.30. The SMILES string of the molecule is CCN(CC)S(=O)(=O)c1cc(C(=O)N2CCN(c3ccc(Cl)cc3)CC2)n(C)c1. The molecule has 0 bridgehead atoms. The number of hydrogen-bond acceptors (Lipinski definition) is 4. The standard InChI is InChI=1S/C20H27ClN4O3S/c1-4-25(5-2)29(27,28)18-14-19(22(3)15-18)20(26)24-12-10-23(11-13-24)17-8-6-16(21)7-9-17/h6-9,14-15H,4-5,10-13H2,1-3H3. The molecule has 158 valence electrons. The minimum Gasteiger partial charge on any atom is -0.368 e. The van der Waals surface area contributed by atoms with Gasteiger partial charge in [0.1, 0.15) is 10.6 Å². The lowest BCUT2D eigenvalue weighted by Crippen LogP contribution is -2.49. The zero-order valence-electron chi connectivity index (χ0n) is 17.0. The molecule has 1 aliphatic rings. The molecular formula is C20H27ClN4O3S. The van der Waals surface area contributed by atoms with E-state index in [1.807, 2.05) is 24.3 Å². The van der Waals surface area contributed by atoms with E-state index in [1.54, 1.807) is 30.4 Å². The fourth-order valence-corrected chi connectivity index (χ4v) is 5.24. The normalized spacial score (nSPS) is 15.2. The van der Waals surface area contributed by atoms with Crippen LogP contribution in [0.2, 0.25) is 5.02 Å². The van der Waals surface area contributed by atoms with Gasteiger partial charge >= 0.3 is 0 Å². The van der Waals surface area contributed by atoms with E-state index >= 15 is 0 Å². The van der Waals surface area contributed by atoms with Gasteiger partial charge in [-0.15, -0.1) is 0 Å². The van der Waals surface area contributed by atoms with Gasteiger partial charge in [0.2, 0.25) is 10.0 Å². The van der Waals surface area contributed by atoms with E-state index in [0.717, 1.165) is 5.69 Å². The molecule has 0 radical (unpaired) electrons. The highest BCUT2D eigenvalue weighted by Gasteiger charge is 2.28. The van der Waals surface area contributed by atoms with E-state index in [0.29, 0.717) is 50.0 Å². The minimum absolute atomic E-state index is 0.149. The van der Waals surface area contributed by atoms with E-state index in [1.165, 1.54) is 16.6 Å². The second-order valence-corrected chi connectivity index (χ2v) is 9.39. The number of carbonyl (C=O) groups excluding carboxylic acids is 1. The summed E-state index contributed by atoms with van der Waals surface area (Å²) >= 11 is 5.95. The number of anilines is 1. The third-order valence-corrected chi connectivity index (χ3v) is 7.57. The number of amides is 1. The van der Waals surface area contributed by atoms with Gasteiger partial charge in [-0.25, -0.2) is 8.42 Å². The summed E-state index contributed by atoms with van der Waals surface area (Å²) in [7, 11) is -1.89.